The zero-order valence-electron chi connectivity index (χ0n) is 24.2. The molecule has 4 nitrogen and oxygen atoms in total. The lowest BCUT2D eigenvalue weighted by molar-refractivity contribution is -0.272. The van der Waals surface area contributed by atoms with Crippen molar-refractivity contribution < 1.29 is 19.0 Å². The van der Waals surface area contributed by atoms with E-state index in [-0.39, 0.29) is 23.3 Å². The van der Waals surface area contributed by atoms with Crippen LogP contribution in [0.1, 0.15) is 118 Å². The molecule has 1 spiro atoms. The second-order valence-corrected chi connectivity index (χ2v) is 14.6. The Morgan fingerprint density at radius 3 is 2.68 bits per heavy atom. The summed E-state index contributed by atoms with van der Waals surface area (Å²) in [5.74, 6) is 3.77. The van der Waals surface area contributed by atoms with Crippen molar-refractivity contribution in [1.82, 2.24) is 0 Å². The zero-order valence-corrected chi connectivity index (χ0v) is 24.2. The highest BCUT2D eigenvalue weighted by Gasteiger charge is 2.68. The van der Waals surface area contributed by atoms with E-state index < -0.39 is 0 Å². The molecule has 2 saturated heterocycles. The first-order valence-corrected chi connectivity index (χ1v) is 15.9. The number of carbonyl (C=O) groups is 1. The number of hydrogen-bond donors (Lipinski definition) is 0. The van der Waals surface area contributed by atoms with Crippen molar-refractivity contribution in [2.24, 2.45) is 46.3 Å². The largest absolute Gasteiger partial charge is 0.462 e. The predicted molar refractivity (Wildman–Crippen MR) is 146 cm³/mol. The summed E-state index contributed by atoms with van der Waals surface area (Å²) in [6, 6.07) is 0. The quantitative estimate of drug-likeness (QED) is 0.214. The van der Waals surface area contributed by atoms with Gasteiger partial charge in [0.25, 0.3) is 0 Å². The Morgan fingerprint density at radius 1 is 1.08 bits per heavy atom. The van der Waals surface area contributed by atoms with Gasteiger partial charge in [0, 0.05) is 25.2 Å². The topological polar surface area (TPSA) is 44.8 Å². The molecule has 2 aliphatic heterocycles. The molecular formula is C33H52O4. The van der Waals surface area contributed by atoms with Crippen LogP contribution in [0.25, 0.3) is 0 Å². The van der Waals surface area contributed by atoms with E-state index in [0.29, 0.717) is 35.7 Å². The standard InChI is InChI=1S/C33H52O4/c1-6-7-8-9-29(34)36-24-13-15-31(4)23(18-24)10-11-25-26(31)14-16-32(5)27(25)19-28-30(32)22(3)33(37-28)17-12-21(2)20-35-33/h10,21-22,24-28,30H,6-9,11-20H2,1-5H3/t21-,22-,24+,25+,26-,27+,28+,30-,31+,32+,33-/m1/s1. The molecule has 3 saturated carbocycles. The lowest BCUT2D eigenvalue weighted by Gasteiger charge is -2.58. The maximum Gasteiger partial charge on any atom is 0.306 e. The molecule has 0 bridgehead atoms. The number of unbranched alkanes of at least 4 members (excludes halogenated alkanes) is 2. The second-order valence-electron chi connectivity index (χ2n) is 14.6. The number of hydrogen-bond acceptors (Lipinski definition) is 4. The lowest BCUT2D eigenvalue weighted by atomic mass is 9.47. The van der Waals surface area contributed by atoms with Crippen molar-refractivity contribution in [2.75, 3.05) is 6.61 Å². The minimum absolute atomic E-state index is 0.0190. The van der Waals surface area contributed by atoms with Gasteiger partial charge >= 0.3 is 5.97 Å². The molecule has 0 aromatic heterocycles. The summed E-state index contributed by atoms with van der Waals surface area (Å²) in [6.07, 6.45) is 17.4. The van der Waals surface area contributed by atoms with E-state index in [1.54, 1.807) is 5.57 Å². The second kappa shape index (κ2) is 9.65. The van der Waals surface area contributed by atoms with Crippen LogP contribution in [-0.2, 0) is 19.0 Å². The van der Waals surface area contributed by atoms with Gasteiger partial charge in [-0.25, -0.2) is 0 Å². The van der Waals surface area contributed by atoms with E-state index in [9.17, 15) is 4.79 Å². The van der Waals surface area contributed by atoms with Crippen molar-refractivity contribution in [1.29, 1.82) is 0 Å². The molecule has 0 N–H and O–H groups in total. The highest BCUT2D eigenvalue weighted by atomic mass is 16.7. The molecule has 0 aromatic carbocycles. The van der Waals surface area contributed by atoms with E-state index in [2.05, 4.69) is 40.7 Å². The van der Waals surface area contributed by atoms with Gasteiger partial charge < -0.3 is 14.2 Å². The highest BCUT2D eigenvalue weighted by Crippen LogP contribution is 2.70. The minimum Gasteiger partial charge on any atom is -0.462 e. The Hall–Kier alpha value is -0.870. The Morgan fingerprint density at radius 2 is 1.92 bits per heavy atom. The van der Waals surface area contributed by atoms with Crippen LogP contribution in [0.3, 0.4) is 0 Å². The highest BCUT2D eigenvalue weighted by molar-refractivity contribution is 5.69. The summed E-state index contributed by atoms with van der Waals surface area (Å²) in [5.41, 5.74) is 2.25. The average molecular weight is 513 g/mol. The van der Waals surface area contributed by atoms with Gasteiger partial charge in [0.15, 0.2) is 5.79 Å². The van der Waals surface area contributed by atoms with E-state index in [4.69, 9.17) is 14.2 Å². The summed E-state index contributed by atoms with van der Waals surface area (Å²) >= 11 is 0. The SMILES string of the molecule is CCCCCC(=O)O[C@H]1CC[C@@]2(C)C(=CC[C@H]3[C@H]2CC[C@]2(C)[C@H]4[C@H](C[C@@H]32)O[C@]2(CC[C@@H](C)CO2)[C@@H]4C)C1. The maximum atomic E-state index is 12.4. The van der Waals surface area contributed by atoms with Gasteiger partial charge in [0.05, 0.1) is 12.7 Å². The molecule has 4 heteroatoms. The molecule has 0 aromatic rings. The van der Waals surface area contributed by atoms with Gasteiger partial charge in [0.2, 0.25) is 0 Å². The number of fused-ring (bicyclic) bond motifs is 7. The van der Waals surface area contributed by atoms with Gasteiger partial charge in [-0.1, -0.05) is 59.1 Å². The molecule has 6 rings (SSSR count). The number of rotatable bonds is 5. The van der Waals surface area contributed by atoms with Gasteiger partial charge in [-0.3, -0.25) is 4.79 Å². The first-order chi connectivity index (χ1) is 17.7. The fraction of sp³-hybridized carbons (Fsp3) is 0.909. The normalized spacial score (nSPS) is 50.6. The van der Waals surface area contributed by atoms with Crippen LogP contribution in [-0.4, -0.2) is 30.6 Å². The van der Waals surface area contributed by atoms with Crippen LogP contribution in [0.15, 0.2) is 11.6 Å². The molecule has 11 atom stereocenters. The molecule has 4 aliphatic carbocycles. The monoisotopic (exact) mass is 512 g/mol. The summed E-state index contributed by atoms with van der Waals surface area (Å²) in [7, 11) is 0. The van der Waals surface area contributed by atoms with Gasteiger partial charge in [-0.2, -0.15) is 0 Å². The Bertz CT molecular complexity index is 902. The molecule has 2 heterocycles. The lowest BCUT2D eigenvalue weighted by Crippen LogP contribution is -2.52. The predicted octanol–water partition coefficient (Wildman–Crippen LogP) is 7.85. The Kier molecular flexibility index (Phi) is 6.87. The Balaban J connectivity index is 1.15. The third-order valence-corrected chi connectivity index (χ3v) is 12.6. The summed E-state index contributed by atoms with van der Waals surface area (Å²) in [5, 5.41) is 0. The third-order valence-electron chi connectivity index (χ3n) is 12.6. The molecule has 0 unspecified atom stereocenters. The van der Waals surface area contributed by atoms with Crippen LogP contribution in [0.4, 0.5) is 0 Å². The fourth-order valence-electron chi connectivity index (χ4n) is 10.5. The Labute approximate surface area is 225 Å². The fourth-order valence-corrected chi connectivity index (χ4v) is 10.5. The van der Waals surface area contributed by atoms with Crippen molar-refractivity contribution >= 4 is 5.97 Å². The third kappa shape index (κ3) is 4.17. The van der Waals surface area contributed by atoms with Gasteiger partial charge in [-0.15, -0.1) is 0 Å². The van der Waals surface area contributed by atoms with Gasteiger partial charge in [-0.05, 0) is 91.8 Å². The number of carbonyl (C=O) groups excluding carboxylic acids is 1. The molecule has 0 radical (unpaired) electrons. The molecule has 5 fully saturated rings. The van der Waals surface area contributed by atoms with Crippen LogP contribution in [0.2, 0.25) is 0 Å². The van der Waals surface area contributed by atoms with Crippen LogP contribution >= 0.6 is 0 Å². The minimum atomic E-state index is -0.315. The zero-order chi connectivity index (χ0) is 26.0. The van der Waals surface area contributed by atoms with Crippen LogP contribution < -0.4 is 0 Å². The van der Waals surface area contributed by atoms with E-state index in [1.165, 1.54) is 38.5 Å². The molecular weight excluding hydrogens is 460 g/mol. The van der Waals surface area contributed by atoms with E-state index in [1.807, 2.05) is 0 Å². The molecule has 208 valence electrons. The van der Waals surface area contributed by atoms with Crippen molar-refractivity contribution in [2.45, 2.75) is 136 Å². The van der Waals surface area contributed by atoms with Crippen molar-refractivity contribution in [3.05, 3.63) is 11.6 Å². The first-order valence-electron chi connectivity index (χ1n) is 15.9. The van der Waals surface area contributed by atoms with Crippen LogP contribution in [0, 0.1) is 46.3 Å². The van der Waals surface area contributed by atoms with E-state index in [0.717, 1.165) is 62.9 Å². The number of ether oxygens (including phenoxy) is 3. The molecule has 0 amide bonds. The van der Waals surface area contributed by atoms with Gasteiger partial charge in [0.1, 0.15) is 6.10 Å². The van der Waals surface area contributed by atoms with E-state index >= 15 is 0 Å². The maximum absolute atomic E-state index is 12.4. The van der Waals surface area contributed by atoms with Crippen molar-refractivity contribution in [3.8, 4) is 0 Å². The van der Waals surface area contributed by atoms with Crippen LogP contribution in [0.5, 0.6) is 0 Å². The number of allylic oxidation sites excluding steroid dienone is 1. The first kappa shape index (κ1) is 26.4. The summed E-state index contributed by atoms with van der Waals surface area (Å²) < 4.78 is 19.4. The van der Waals surface area contributed by atoms with Crippen molar-refractivity contribution in [3.63, 3.8) is 0 Å². The summed E-state index contributed by atoms with van der Waals surface area (Å²) in [6.45, 7) is 13.0. The average Bonchev–Trinajstić information content (AvgIpc) is 3.31. The molecule has 37 heavy (non-hydrogen) atoms. The smallest absolute Gasteiger partial charge is 0.306 e. The number of esters is 1. The summed E-state index contributed by atoms with van der Waals surface area (Å²) in [4.78, 5) is 12.4. The molecule has 6 aliphatic rings.